The maximum absolute atomic E-state index is 4.97. The molecule has 0 aliphatic rings. The molecule has 0 N–H and O–H groups in total. The molecule has 0 spiro atoms. The largest absolute Gasteiger partial charge is 0.440 e. The lowest BCUT2D eigenvalue weighted by Gasteiger charge is -1.85. The molecule has 19 heteroatoms. The van der Waals surface area contributed by atoms with E-state index in [2.05, 4.69) is 0 Å². The van der Waals surface area contributed by atoms with Gasteiger partial charge in [-0.15, -0.1) is 183 Å². The lowest BCUT2D eigenvalue weighted by molar-refractivity contribution is 3.80. The maximum Gasteiger partial charge on any atom is 0.440 e. The van der Waals surface area contributed by atoms with Crippen LogP contribution in [0.1, 0.15) is 0 Å². The highest BCUT2D eigenvalue weighted by Gasteiger charge is 2.19. The van der Waals surface area contributed by atoms with E-state index in [1.807, 2.05) is 0 Å². The van der Waals surface area contributed by atoms with Crippen molar-refractivity contribution in [2.45, 2.75) is 0 Å². The summed E-state index contributed by atoms with van der Waals surface area (Å²) in [7, 11) is 0. The molecule has 0 aromatic rings. The molecule has 0 aliphatic carbocycles. The van der Waals surface area contributed by atoms with Gasteiger partial charge in [0.1, 0.15) is 0 Å². The molecule has 0 rings (SSSR count). The molecule has 0 saturated carbocycles. The third-order valence-electron chi connectivity index (χ3n) is 0. The minimum absolute atomic E-state index is 0. The van der Waals surface area contributed by atoms with Crippen LogP contribution in [0.2, 0.25) is 0 Å². The Morgan fingerprint density at radius 1 is 0.263 bits per heavy atom. The van der Waals surface area contributed by atoms with E-state index in [0.29, 0.717) is 0 Å². The summed E-state index contributed by atoms with van der Waals surface area (Å²) in [5.74, 6) is 0. The summed E-state index contributed by atoms with van der Waals surface area (Å²) >= 11 is 59.6. The summed E-state index contributed by atoms with van der Waals surface area (Å²) in [6.07, 6.45) is 0. The molecule has 0 atom stereocenters. The molecule has 0 heterocycles. The van der Waals surface area contributed by atoms with Crippen molar-refractivity contribution in [3.8, 4) is 0 Å². The SMILES string of the molecule is Cl.Cl.Cl.Cl.Cl[Si](Cl)(Cl)Cl.Cl[Si](Cl)(Cl)Cl.Cl[Si](Cl)(Cl)Cl. The summed E-state index contributed by atoms with van der Waals surface area (Å²) in [5.41, 5.74) is 0. The molecule has 0 radical (unpaired) electrons. The highest BCUT2D eigenvalue weighted by molar-refractivity contribution is 7.81. The van der Waals surface area contributed by atoms with Crippen molar-refractivity contribution in [3.05, 3.63) is 0 Å². The van der Waals surface area contributed by atoms with Crippen molar-refractivity contribution in [3.63, 3.8) is 0 Å². The Kier molecular flexibility index (Phi) is 49.5. The first-order chi connectivity index (χ1) is 6.00. The molecule has 0 aromatic carbocycles. The Labute approximate surface area is 195 Å². The second kappa shape index (κ2) is 21.3. The summed E-state index contributed by atoms with van der Waals surface area (Å²) in [5, 5.41) is -8.17. The Hall–Kier alpha value is 5.29. The van der Waals surface area contributed by atoms with Crippen LogP contribution in [0.15, 0.2) is 0 Å². The number of hydrogen-bond donors (Lipinski definition) is 0. The zero-order valence-corrected chi connectivity index (χ0v) is 23.0. The minimum atomic E-state index is -2.72. The summed E-state index contributed by atoms with van der Waals surface area (Å²) in [4.78, 5) is 0. The van der Waals surface area contributed by atoms with E-state index in [1.54, 1.807) is 0 Å². The Balaban J connectivity index is -0.0000000206. The standard InChI is InChI=1S/3Cl4Si.4ClH/c3*1-5(2,3)4;;;;/h;;;4*1H. The van der Waals surface area contributed by atoms with Crippen LogP contribution >= 0.6 is 183 Å². The Morgan fingerprint density at radius 3 is 0.263 bits per heavy atom. The fourth-order valence-corrected chi connectivity index (χ4v) is 0. The number of rotatable bonds is 0. The lowest BCUT2D eigenvalue weighted by atomic mass is 27.6. The first-order valence-corrected chi connectivity index (χ1v) is 20.4. The van der Waals surface area contributed by atoms with Gasteiger partial charge in [-0.2, -0.15) is 0 Å². The van der Waals surface area contributed by atoms with Gasteiger partial charge in [0.2, 0.25) is 0 Å². The van der Waals surface area contributed by atoms with Crippen LogP contribution in [0.25, 0.3) is 0 Å². The monoisotopic (exact) mass is 647 g/mol. The average molecular weight is 656 g/mol. The van der Waals surface area contributed by atoms with Gasteiger partial charge in [0.15, 0.2) is 0 Å². The average Bonchev–Trinajstić information content (AvgIpc) is 1.41. The van der Waals surface area contributed by atoms with Gasteiger partial charge in [0, 0.05) is 0 Å². The Bertz CT molecular complexity index is 87.0. The van der Waals surface area contributed by atoms with E-state index in [1.165, 1.54) is 0 Å². The fraction of sp³-hybridized carbons (Fsp3) is 0. The maximum atomic E-state index is 4.97. The fourth-order valence-electron chi connectivity index (χ4n) is 0. The molecule has 0 fully saturated rings. The van der Waals surface area contributed by atoms with E-state index in [0.717, 1.165) is 0 Å². The first-order valence-electron chi connectivity index (χ1n) is 2.27. The molecule has 0 nitrogen and oxygen atoms in total. The molecule has 0 amide bonds. The molecule has 0 saturated heterocycles. The highest BCUT2D eigenvalue weighted by atomic mass is 36.0. The predicted octanol–water partition coefficient (Wildman–Crippen LogP) is 8.82. The van der Waals surface area contributed by atoms with Gasteiger partial charge in [-0.1, -0.05) is 0 Å². The lowest BCUT2D eigenvalue weighted by Crippen LogP contribution is -1.92. The van der Waals surface area contributed by atoms with E-state index in [-0.39, 0.29) is 49.6 Å². The number of hydrogen-bond acceptors (Lipinski definition) is 0. The molecule has 128 valence electrons. The minimum Gasteiger partial charge on any atom is -0.147 e. The van der Waals surface area contributed by atoms with Gasteiger partial charge < -0.3 is 0 Å². The van der Waals surface area contributed by atoms with Gasteiger partial charge in [0.05, 0.1) is 0 Å². The van der Waals surface area contributed by atoms with E-state index in [9.17, 15) is 0 Å². The topological polar surface area (TPSA) is 0 Å². The van der Waals surface area contributed by atoms with Crippen LogP contribution < -0.4 is 0 Å². The van der Waals surface area contributed by atoms with Gasteiger partial charge >= 0.3 is 15.9 Å². The van der Waals surface area contributed by atoms with Crippen LogP contribution in [-0.4, -0.2) is 15.9 Å². The third kappa shape index (κ3) is 377. The van der Waals surface area contributed by atoms with E-state index >= 15 is 0 Å². The summed E-state index contributed by atoms with van der Waals surface area (Å²) in [6.45, 7) is 0. The third-order valence-corrected chi connectivity index (χ3v) is 0. The Morgan fingerprint density at radius 2 is 0.263 bits per heavy atom. The molecule has 0 aliphatic heterocycles. The molecule has 0 bridgehead atoms. The number of halogens is 16. The zero-order valence-electron chi connectivity index (χ0n) is 7.67. The smallest absolute Gasteiger partial charge is 0.147 e. The normalized spacial score (nSPS) is 9.47. The molecular weight excluding hydrogens is 652 g/mol. The molecule has 0 unspecified atom stereocenters. The second-order valence-corrected chi connectivity index (χ2v) is 34.7. The van der Waals surface area contributed by atoms with Crippen molar-refractivity contribution in [2.24, 2.45) is 0 Å². The van der Waals surface area contributed by atoms with Crippen molar-refractivity contribution in [1.29, 1.82) is 0 Å². The van der Waals surface area contributed by atoms with E-state index < -0.39 is 15.9 Å². The van der Waals surface area contributed by atoms with Crippen LogP contribution in [0.4, 0.5) is 0 Å². The van der Waals surface area contributed by atoms with Crippen molar-refractivity contribution in [2.75, 3.05) is 0 Å². The van der Waals surface area contributed by atoms with Crippen molar-refractivity contribution >= 4 is 199 Å². The van der Waals surface area contributed by atoms with Crippen LogP contribution in [-0.2, 0) is 0 Å². The second-order valence-electron chi connectivity index (χ2n) is 1.29. The van der Waals surface area contributed by atoms with Crippen LogP contribution in [0.3, 0.4) is 0 Å². The molecule has 0 aromatic heterocycles. The first kappa shape index (κ1) is 44.1. The summed E-state index contributed by atoms with van der Waals surface area (Å²) in [6, 6.07) is 0. The van der Waals surface area contributed by atoms with Crippen LogP contribution in [0, 0.1) is 0 Å². The molecular formula is H4Cl16Si3. The van der Waals surface area contributed by atoms with Crippen molar-refractivity contribution < 1.29 is 0 Å². The quantitative estimate of drug-likeness (QED) is 0.181. The highest BCUT2D eigenvalue weighted by Crippen LogP contribution is 2.24. The van der Waals surface area contributed by atoms with Gasteiger partial charge in [-0.25, -0.2) is 0 Å². The predicted molar refractivity (Wildman–Crippen MR) is 116 cm³/mol. The molecule has 19 heavy (non-hydrogen) atoms. The van der Waals surface area contributed by atoms with Gasteiger partial charge in [0.25, 0.3) is 0 Å². The summed E-state index contributed by atoms with van der Waals surface area (Å²) < 4.78 is 0. The zero-order chi connectivity index (χ0) is 13.5. The van der Waals surface area contributed by atoms with Gasteiger partial charge in [-0.3, -0.25) is 0 Å². The van der Waals surface area contributed by atoms with Crippen molar-refractivity contribution in [1.82, 2.24) is 0 Å². The van der Waals surface area contributed by atoms with E-state index in [4.69, 9.17) is 133 Å². The van der Waals surface area contributed by atoms with Gasteiger partial charge in [-0.05, 0) is 0 Å². The van der Waals surface area contributed by atoms with Crippen LogP contribution in [0.5, 0.6) is 0 Å².